The van der Waals surface area contributed by atoms with E-state index in [1.165, 1.54) is 36.0 Å². The summed E-state index contributed by atoms with van der Waals surface area (Å²) in [7, 11) is 0. The number of carbonyl (C=O) groups is 1. The highest BCUT2D eigenvalue weighted by Crippen LogP contribution is 2.29. The molecule has 0 atom stereocenters. The monoisotopic (exact) mass is 438 g/mol. The van der Waals surface area contributed by atoms with Crippen LogP contribution < -0.4 is 5.32 Å². The zero-order valence-corrected chi connectivity index (χ0v) is 17.2. The molecule has 0 aliphatic carbocycles. The first-order chi connectivity index (χ1) is 14.6. The number of para-hydroxylation sites is 1. The molecule has 1 aromatic heterocycles. The molecule has 0 radical (unpaired) electrons. The molecule has 0 fully saturated rings. The predicted molar refractivity (Wildman–Crippen MR) is 118 cm³/mol. The highest BCUT2D eigenvalue weighted by atomic mass is 35.5. The zero-order chi connectivity index (χ0) is 20.9. The topological polar surface area (TPSA) is 59.8 Å². The highest BCUT2D eigenvalue weighted by molar-refractivity contribution is 7.99. The Balaban J connectivity index is 1.58. The number of halogens is 2. The molecule has 1 amide bonds. The summed E-state index contributed by atoms with van der Waals surface area (Å²) in [4.78, 5) is 12.3. The second-order valence-corrected chi connectivity index (χ2v) is 7.71. The molecule has 0 aliphatic heterocycles. The van der Waals surface area contributed by atoms with Crippen LogP contribution in [-0.2, 0) is 4.79 Å². The Hall–Kier alpha value is -3.16. The van der Waals surface area contributed by atoms with Crippen molar-refractivity contribution in [3.05, 3.63) is 89.7 Å². The number of anilines is 1. The lowest BCUT2D eigenvalue weighted by Gasteiger charge is -2.10. The summed E-state index contributed by atoms with van der Waals surface area (Å²) in [6, 6.07) is 22.7. The fraction of sp³-hybridized carbons (Fsp3) is 0.0455. The molecular weight excluding hydrogens is 423 g/mol. The standard InChI is InChI=1S/C22H16ClFN4OS/c23-16-6-4-5-15(13-16)21-26-27-22(28(21)19-7-2-1-3-8-19)30-14-20(29)25-18-11-9-17(24)10-12-18/h1-13H,14H2,(H,25,29). The number of aromatic nitrogens is 3. The quantitative estimate of drug-likeness (QED) is 0.406. The smallest absolute Gasteiger partial charge is 0.234 e. The summed E-state index contributed by atoms with van der Waals surface area (Å²) >= 11 is 7.41. The van der Waals surface area contributed by atoms with Crippen LogP contribution in [0.1, 0.15) is 0 Å². The summed E-state index contributed by atoms with van der Waals surface area (Å²) in [6.45, 7) is 0. The molecule has 4 aromatic rings. The Labute approximate surface area is 181 Å². The second-order valence-electron chi connectivity index (χ2n) is 6.33. The fourth-order valence-corrected chi connectivity index (χ4v) is 3.79. The zero-order valence-electron chi connectivity index (χ0n) is 15.6. The van der Waals surface area contributed by atoms with Crippen molar-refractivity contribution in [1.29, 1.82) is 0 Å². The maximum absolute atomic E-state index is 13.0. The molecular formula is C22H16ClFN4OS. The molecule has 0 aliphatic rings. The van der Waals surface area contributed by atoms with Crippen LogP contribution in [0.2, 0.25) is 5.02 Å². The van der Waals surface area contributed by atoms with Crippen molar-refractivity contribution < 1.29 is 9.18 Å². The van der Waals surface area contributed by atoms with E-state index >= 15 is 0 Å². The van der Waals surface area contributed by atoms with Crippen molar-refractivity contribution in [1.82, 2.24) is 14.8 Å². The predicted octanol–water partition coefficient (Wildman–Crippen LogP) is 5.46. The Kier molecular flexibility index (Phi) is 6.11. The van der Waals surface area contributed by atoms with Crippen molar-refractivity contribution in [2.45, 2.75) is 5.16 Å². The van der Waals surface area contributed by atoms with Crippen LogP contribution >= 0.6 is 23.4 Å². The van der Waals surface area contributed by atoms with E-state index in [1.54, 1.807) is 6.07 Å². The van der Waals surface area contributed by atoms with Crippen molar-refractivity contribution >= 4 is 35.0 Å². The lowest BCUT2D eigenvalue weighted by atomic mass is 10.2. The molecule has 5 nitrogen and oxygen atoms in total. The van der Waals surface area contributed by atoms with Crippen LogP contribution in [0.15, 0.2) is 84.0 Å². The van der Waals surface area contributed by atoms with Crippen LogP contribution in [0.5, 0.6) is 0 Å². The van der Waals surface area contributed by atoms with Gasteiger partial charge in [-0.3, -0.25) is 9.36 Å². The molecule has 0 saturated carbocycles. The van der Waals surface area contributed by atoms with Crippen LogP contribution in [-0.4, -0.2) is 26.4 Å². The van der Waals surface area contributed by atoms with E-state index in [0.717, 1.165) is 11.3 Å². The van der Waals surface area contributed by atoms with E-state index in [0.29, 0.717) is 21.7 Å². The highest BCUT2D eigenvalue weighted by Gasteiger charge is 2.17. The van der Waals surface area contributed by atoms with Gasteiger partial charge in [0.25, 0.3) is 0 Å². The van der Waals surface area contributed by atoms with Gasteiger partial charge in [0.15, 0.2) is 11.0 Å². The minimum atomic E-state index is -0.355. The number of hydrogen-bond acceptors (Lipinski definition) is 4. The second kappa shape index (κ2) is 9.11. The van der Waals surface area contributed by atoms with Gasteiger partial charge >= 0.3 is 0 Å². The number of carbonyl (C=O) groups excluding carboxylic acids is 1. The lowest BCUT2D eigenvalue weighted by molar-refractivity contribution is -0.113. The number of thioether (sulfide) groups is 1. The van der Waals surface area contributed by atoms with Crippen molar-refractivity contribution in [2.24, 2.45) is 0 Å². The summed E-state index contributed by atoms with van der Waals surface area (Å²) in [5.74, 6) is 0.174. The molecule has 0 unspecified atom stereocenters. The first-order valence-corrected chi connectivity index (χ1v) is 10.4. The van der Waals surface area contributed by atoms with Gasteiger partial charge in [-0.2, -0.15) is 0 Å². The maximum Gasteiger partial charge on any atom is 0.234 e. The van der Waals surface area contributed by atoms with Gasteiger partial charge in [0.1, 0.15) is 5.82 Å². The Morgan fingerprint density at radius 3 is 2.50 bits per heavy atom. The lowest BCUT2D eigenvalue weighted by Crippen LogP contribution is -2.14. The first kappa shape index (κ1) is 20.1. The first-order valence-electron chi connectivity index (χ1n) is 9.05. The minimum Gasteiger partial charge on any atom is -0.325 e. The third kappa shape index (κ3) is 4.69. The van der Waals surface area contributed by atoms with Crippen molar-refractivity contribution in [3.63, 3.8) is 0 Å². The van der Waals surface area contributed by atoms with Gasteiger partial charge in [-0.05, 0) is 48.5 Å². The van der Waals surface area contributed by atoms with E-state index in [9.17, 15) is 9.18 Å². The molecule has 0 bridgehead atoms. The Morgan fingerprint density at radius 1 is 1.00 bits per heavy atom. The average Bonchev–Trinajstić information content (AvgIpc) is 3.19. The van der Waals surface area contributed by atoms with Gasteiger partial charge in [0, 0.05) is 22.0 Å². The van der Waals surface area contributed by atoms with E-state index in [4.69, 9.17) is 11.6 Å². The van der Waals surface area contributed by atoms with E-state index in [1.807, 2.05) is 53.1 Å². The summed E-state index contributed by atoms with van der Waals surface area (Å²) in [5, 5.41) is 12.5. The number of nitrogens with zero attached hydrogens (tertiary/aromatic N) is 3. The van der Waals surface area contributed by atoms with Gasteiger partial charge < -0.3 is 5.32 Å². The molecule has 1 heterocycles. The summed E-state index contributed by atoms with van der Waals surface area (Å²) < 4.78 is 14.9. The largest absolute Gasteiger partial charge is 0.325 e. The number of benzene rings is 3. The molecule has 0 saturated heterocycles. The maximum atomic E-state index is 13.0. The van der Waals surface area contributed by atoms with Crippen LogP contribution in [0.4, 0.5) is 10.1 Å². The number of nitrogens with one attached hydrogen (secondary N) is 1. The molecule has 30 heavy (non-hydrogen) atoms. The SMILES string of the molecule is O=C(CSc1nnc(-c2cccc(Cl)c2)n1-c1ccccc1)Nc1ccc(F)cc1. The van der Waals surface area contributed by atoms with Crippen LogP contribution in [0.3, 0.4) is 0 Å². The number of amides is 1. The molecule has 1 N–H and O–H groups in total. The van der Waals surface area contributed by atoms with Gasteiger partial charge in [0.2, 0.25) is 5.91 Å². The Bertz CT molecular complexity index is 1170. The summed E-state index contributed by atoms with van der Waals surface area (Å²) in [6.07, 6.45) is 0. The molecule has 4 rings (SSSR count). The van der Waals surface area contributed by atoms with Gasteiger partial charge in [-0.15, -0.1) is 10.2 Å². The van der Waals surface area contributed by atoms with Gasteiger partial charge in [-0.25, -0.2) is 4.39 Å². The molecule has 8 heteroatoms. The third-order valence-corrected chi connectivity index (χ3v) is 5.35. The van der Waals surface area contributed by atoms with Crippen LogP contribution in [0, 0.1) is 5.82 Å². The molecule has 3 aromatic carbocycles. The number of hydrogen-bond donors (Lipinski definition) is 1. The van der Waals surface area contributed by atoms with E-state index < -0.39 is 0 Å². The van der Waals surface area contributed by atoms with Gasteiger partial charge in [-0.1, -0.05) is 53.7 Å². The van der Waals surface area contributed by atoms with Crippen molar-refractivity contribution in [2.75, 3.05) is 11.1 Å². The molecule has 150 valence electrons. The normalized spacial score (nSPS) is 10.7. The van der Waals surface area contributed by atoms with E-state index in [2.05, 4.69) is 15.5 Å². The van der Waals surface area contributed by atoms with Gasteiger partial charge in [0.05, 0.1) is 5.75 Å². The summed E-state index contributed by atoms with van der Waals surface area (Å²) in [5.41, 5.74) is 2.23. The fourth-order valence-electron chi connectivity index (χ4n) is 2.85. The van der Waals surface area contributed by atoms with E-state index in [-0.39, 0.29) is 17.5 Å². The Morgan fingerprint density at radius 2 is 1.77 bits per heavy atom. The van der Waals surface area contributed by atoms with Crippen molar-refractivity contribution in [3.8, 4) is 17.1 Å². The average molecular weight is 439 g/mol. The number of rotatable bonds is 6. The van der Waals surface area contributed by atoms with Crippen LogP contribution in [0.25, 0.3) is 17.1 Å². The third-order valence-electron chi connectivity index (χ3n) is 4.19. The molecule has 0 spiro atoms. The minimum absolute atomic E-state index is 0.123.